The predicted octanol–water partition coefficient (Wildman–Crippen LogP) is -11.5. The van der Waals surface area contributed by atoms with E-state index < -0.39 is 290 Å². The highest BCUT2D eigenvalue weighted by atomic mass is 32.2. The molecule has 14 bridgehead atoms. The Morgan fingerprint density at radius 2 is 0.748 bits per heavy atom. The van der Waals surface area contributed by atoms with Crippen molar-refractivity contribution in [3.05, 3.63) is 0 Å². The molecule has 21 fully saturated rings. The second kappa shape index (κ2) is 40.0. The monoisotopic (exact) mass is 1540 g/mol. The first-order valence-corrected chi connectivity index (χ1v) is 36.2. The molecule has 103 heavy (non-hydrogen) atoms. The molecule has 42 heteroatoms. The van der Waals surface area contributed by atoms with Crippen LogP contribution in [0.1, 0.15) is 39.0 Å². The van der Waals surface area contributed by atoms with Crippen LogP contribution in [-0.2, 0) is 85.5 Å². The van der Waals surface area contributed by atoms with Gasteiger partial charge in [0.2, 0.25) is 0 Å². The molecule has 14 unspecified atom stereocenters. The second-order valence-corrected chi connectivity index (χ2v) is 28.9. The molecule has 22 N–H and O–H groups in total. The Hall–Kier alpha value is -2.38. The number of carbonyl (C=O) groups is 4. The molecule has 20 aliphatic heterocycles. The molecule has 0 spiro atoms. The van der Waals surface area contributed by atoms with Crippen LogP contribution in [0.15, 0.2) is 0 Å². The molecule has 1 saturated carbocycles. The Bertz CT molecular complexity index is 2610. The van der Waals surface area contributed by atoms with Crippen LogP contribution in [0.2, 0.25) is 0 Å². The van der Waals surface area contributed by atoms with Crippen molar-refractivity contribution in [3.8, 4) is 0 Å². The zero-order chi connectivity index (χ0) is 75.4. The summed E-state index contributed by atoms with van der Waals surface area (Å²) in [6.45, 7) is -3.50. The Balaban J connectivity index is 1.08. The molecule has 596 valence electrons. The molecule has 40 nitrogen and oxygen atoms in total. The Morgan fingerprint density at radius 1 is 0.398 bits per heavy atom. The van der Waals surface area contributed by atoms with E-state index in [-0.39, 0.29) is 74.5 Å². The minimum atomic E-state index is -2.26. The van der Waals surface area contributed by atoms with E-state index in [0.29, 0.717) is 0 Å². The summed E-state index contributed by atoms with van der Waals surface area (Å²) in [6.07, 6.45) is -64.9. The summed E-state index contributed by atoms with van der Waals surface area (Å²) in [4.78, 5) is 48.8. The number of carbonyl (C=O) groups excluding carboxylic acids is 2. The van der Waals surface area contributed by atoms with Crippen LogP contribution < -0.4 is 5.32 Å². The van der Waals surface area contributed by atoms with Crippen LogP contribution in [0.4, 0.5) is 0 Å². The molecular weight excluding hydrogens is 1430 g/mol. The number of nitrogens with one attached hydrogen (secondary N) is 1. The number of hydrogen-bond acceptors (Lipinski definition) is 40. The average molecular weight is 1540 g/mol. The quantitative estimate of drug-likeness (QED) is 0.0340. The number of hydrogen-bond donors (Lipinski definition) is 22. The lowest BCUT2D eigenvalue weighted by molar-refractivity contribution is -0.394. The third-order valence-corrected chi connectivity index (χ3v) is 22.1. The number of ketones is 2. The topological polar surface area (TPSA) is 634 Å². The largest absolute Gasteiger partial charge is 0.481 e. The first-order chi connectivity index (χ1) is 49.0. The molecule has 21 rings (SSSR count). The first kappa shape index (κ1) is 86.2. The van der Waals surface area contributed by atoms with Gasteiger partial charge in [0.25, 0.3) is 0 Å². The van der Waals surface area contributed by atoms with Crippen molar-refractivity contribution in [1.82, 2.24) is 5.32 Å². The van der Waals surface area contributed by atoms with Crippen molar-refractivity contribution >= 4 is 47.0 Å². The standard InChI is InChI=1S/C61H101NO39S2/c1-21(68)3-5-88-7-8-89-6-4-25(69)10-24(54(84)85)18-102-17-23-9-22-11-26-28(12-63)90-56(42(78)35(26)71)97-49-30(14-65)94-60(46(82)40(49)76)101-53-33(20-103-19-27(62-2)55(86)87)95-61(47(83)41(53)77)100-52-32(16-67)93-59(45(81)39(52)75)99-51-31(15-66)92-58(44(80)38(51)74)98-50-29(13-64)91-57(43(79)37(50)73)96-48(23)36(72)34(22)70/h22-24,26-53,56-67,70-83H,3-20H2,1-2H3,(H,84,85)(H,86,87)/t22-,23?,24-,26-,27-,28?,29?,30?,31?,32?,33?,34?,35+,36-,37-,38-,39-,40-,41-,42?,43?,44?,45?,46?,47?,48-,49-,50-,51-,52-,53-,56-,57-,58-,59-,60-,61-/m1/s1. The normalized spacial score (nSPS) is 44.9. The van der Waals surface area contributed by atoms with Crippen molar-refractivity contribution < 1.29 is 193 Å². The molecule has 37 atom stereocenters. The molecule has 0 aromatic heterocycles. The third-order valence-electron chi connectivity index (χ3n) is 19.7. The lowest BCUT2D eigenvalue weighted by Crippen LogP contribution is -2.68. The van der Waals surface area contributed by atoms with E-state index in [4.69, 9.17) is 66.3 Å². The van der Waals surface area contributed by atoms with Crippen LogP contribution in [0, 0.1) is 23.7 Å². The minimum absolute atomic E-state index is 0.0655. The summed E-state index contributed by atoms with van der Waals surface area (Å²) in [5.74, 6) is -8.97. The molecule has 0 radical (unpaired) electrons. The van der Waals surface area contributed by atoms with Gasteiger partial charge in [0, 0.05) is 42.4 Å². The van der Waals surface area contributed by atoms with Crippen LogP contribution >= 0.6 is 23.5 Å². The minimum Gasteiger partial charge on any atom is -0.481 e. The zero-order valence-corrected chi connectivity index (χ0v) is 57.8. The number of carboxylic acid groups (broad SMARTS) is 2. The van der Waals surface area contributed by atoms with Gasteiger partial charge >= 0.3 is 11.9 Å². The summed E-state index contributed by atoms with van der Waals surface area (Å²) in [6, 6.07) is -1.17. The van der Waals surface area contributed by atoms with Crippen molar-refractivity contribution in [3.63, 3.8) is 0 Å². The average Bonchev–Trinajstić information content (AvgIpc) is 0.785. The number of ether oxygens (including phenoxy) is 14. The first-order valence-electron chi connectivity index (χ1n) is 33.9. The lowest BCUT2D eigenvalue weighted by Gasteiger charge is -2.50. The van der Waals surface area contributed by atoms with Crippen LogP contribution in [0.25, 0.3) is 0 Å². The van der Waals surface area contributed by atoms with Gasteiger partial charge in [-0.1, -0.05) is 0 Å². The Morgan fingerprint density at radius 3 is 1.13 bits per heavy atom. The third kappa shape index (κ3) is 21.0. The lowest BCUT2D eigenvalue weighted by atomic mass is 9.70. The van der Waals surface area contributed by atoms with E-state index in [9.17, 15) is 126 Å². The fraction of sp³-hybridized carbons (Fsp3) is 0.934. The molecule has 21 aliphatic rings. The van der Waals surface area contributed by atoms with Crippen molar-refractivity contribution in [2.75, 3.05) is 89.5 Å². The van der Waals surface area contributed by atoms with E-state index in [0.717, 1.165) is 23.5 Å². The number of rotatable bonds is 27. The smallest absolute Gasteiger partial charge is 0.321 e. The molecule has 20 heterocycles. The van der Waals surface area contributed by atoms with Crippen LogP contribution in [-0.4, -0.2) is 423 Å². The second-order valence-electron chi connectivity index (χ2n) is 26.8. The van der Waals surface area contributed by atoms with Crippen molar-refractivity contribution in [2.45, 2.75) is 242 Å². The number of aliphatic carboxylic acids is 2. The molecular formula is C61H101NO39S2. The van der Waals surface area contributed by atoms with Crippen molar-refractivity contribution in [2.24, 2.45) is 23.7 Å². The van der Waals surface area contributed by atoms with Gasteiger partial charge in [-0.15, -0.1) is 0 Å². The van der Waals surface area contributed by atoms with Gasteiger partial charge in [0.1, 0.15) is 146 Å². The van der Waals surface area contributed by atoms with E-state index in [1.54, 1.807) is 0 Å². The molecule has 20 saturated heterocycles. The van der Waals surface area contributed by atoms with Gasteiger partial charge in [-0.2, -0.15) is 23.5 Å². The van der Waals surface area contributed by atoms with Gasteiger partial charge in [-0.3, -0.25) is 19.2 Å². The summed E-state index contributed by atoms with van der Waals surface area (Å²) < 4.78 is 82.0. The highest BCUT2D eigenvalue weighted by Crippen LogP contribution is 2.44. The number of likely N-dealkylation sites (N-methyl/N-ethyl adjacent to an activating group) is 1. The van der Waals surface area contributed by atoms with E-state index in [1.165, 1.54) is 14.0 Å². The van der Waals surface area contributed by atoms with E-state index >= 15 is 0 Å². The van der Waals surface area contributed by atoms with Gasteiger partial charge < -0.3 is 179 Å². The zero-order valence-electron chi connectivity index (χ0n) is 56.1. The Kier molecular flexibility index (Phi) is 33.5. The fourth-order valence-corrected chi connectivity index (χ4v) is 16.3. The number of thioether (sulfide) groups is 2. The number of aliphatic hydroxyl groups excluding tert-OH is 19. The maximum Gasteiger partial charge on any atom is 0.321 e. The van der Waals surface area contributed by atoms with E-state index in [2.05, 4.69) is 5.32 Å². The molecule has 0 aromatic rings. The highest BCUT2D eigenvalue weighted by molar-refractivity contribution is 7.99. The summed E-state index contributed by atoms with van der Waals surface area (Å²) >= 11 is 1.86. The summed E-state index contributed by atoms with van der Waals surface area (Å²) in [7, 11) is 1.36. The van der Waals surface area contributed by atoms with Gasteiger partial charge in [-0.05, 0) is 44.4 Å². The van der Waals surface area contributed by atoms with Gasteiger partial charge in [-0.25, -0.2) is 0 Å². The maximum atomic E-state index is 13.1. The van der Waals surface area contributed by atoms with E-state index in [1.807, 2.05) is 0 Å². The van der Waals surface area contributed by atoms with Crippen LogP contribution in [0.3, 0.4) is 0 Å². The molecule has 0 aromatic carbocycles. The van der Waals surface area contributed by atoms with Gasteiger partial charge in [0.15, 0.2) is 37.7 Å². The molecule has 1 aliphatic carbocycles. The Labute approximate surface area is 597 Å². The van der Waals surface area contributed by atoms with Crippen LogP contribution in [0.5, 0.6) is 0 Å². The summed E-state index contributed by atoms with van der Waals surface area (Å²) in [5.41, 5.74) is 0. The highest BCUT2D eigenvalue weighted by Gasteiger charge is 2.59. The summed E-state index contributed by atoms with van der Waals surface area (Å²) in [5, 5.41) is 241. The predicted molar refractivity (Wildman–Crippen MR) is 338 cm³/mol. The fourth-order valence-electron chi connectivity index (χ4n) is 13.8. The number of carboxylic acids is 2. The van der Waals surface area contributed by atoms with Crippen molar-refractivity contribution in [1.29, 1.82) is 0 Å². The SMILES string of the molecule is CN[C@H](CSCC1O[C@@H]2O[C@@H]3C(CO)O[C@H](O[C@@H]4C(CO)O[C@H](O[C@@H]5C(CO)O[C@H](O[C@@H]6C(CSC[C@@H](CC(=O)CCOCCOCCC(C)=O)C(=O)O)C[C@H](C[C@@H]7C(CO)O[C@H](O[C@@H]8C(CO)O[C@H](O[C@H]1[C@H](O)C2O)C(O)[C@H]8O)C(O)[C@H]7O)C(O)[C@H]6O)C(O)[C@H]5O)C(O)[C@H]4O)C(O)[C@H]3O)C(=O)O. The van der Waals surface area contributed by atoms with Gasteiger partial charge in [0.05, 0.1) is 95.9 Å². The molecule has 0 amide bonds. The maximum absolute atomic E-state index is 13.1. The number of aliphatic hydroxyl groups is 19. The number of Topliss-reactive ketones (excluding diaryl/α,β-unsaturated/α-hetero) is 2.